The lowest BCUT2D eigenvalue weighted by Crippen LogP contribution is -2.17. The molecule has 0 radical (unpaired) electrons. The molecule has 4 N–H and O–H groups in total. The molecule has 0 aromatic heterocycles. The van der Waals surface area contributed by atoms with E-state index in [0.29, 0.717) is 12.0 Å². The molecule has 0 heterocycles. The highest BCUT2D eigenvalue weighted by Gasteiger charge is 2.04. The minimum atomic E-state index is -0.0160. The summed E-state index contributed by atoms with van der Waals surface area (Å²) in [6, 6.07) is 4.42. The van der Waals surface area contributed by atoms with Crippen LogP contribution in [-0.2, 0) is 6.42 Å². The first kappa shape index (κ1) is 8.87. The fourth-order valence-electron chi connectivity index (χ4n) is 1.08. The average molecular weight is 167 g/mol. The molecule has 0 fully saturated rings. The van der Waals surface area contributed by atoms with Crippen molar-refractivity contribution in [1.29, 1.82) is 0 Å². The average Bonchev–Trinajstić information content (AvgIpc) is 1.96. The van der Waals surface area contributed by atoms with Crippen molar-refractivity contribution in [2.24, 2.45) is 5.73 Å². The molecule has 1 atom stereocenters. The van der Waals surface area contributed by atoms with Crippen molar-refractivity contribution in [2.45, 2.75) is 19.4 Å². The molecule has 0 aliphatic carbocycles. The molecular formula is C9H13NO2. The molecule has 1 unspecified atom stereocenters. The van der Waals surface area contributed by atoms with E-state index in [4.69, 9.17) is 10.8 Å². The van der Waals surface area contributed by atoms with Gasteiger partial charge in [0.15, 0.2) is 0 Å². The van der Waals surface area contributed by atoms with Gasteiger partial charge >= 0.3 is 0 Å². The molecule has 0 saturated carbocycles. The summed E-state index contributed by atoms with van der Waals surface area (Å²) in [5.74, 6) is 0.341. The van der Waals surface area contributed by atoms with Crippen LogP contribution >= 0.6 is 0 Å². The third-order valence-corrected chi connectivity index (χ3v) is 1.60. The summed E-state index contributed by atoms with van der Waals surface area (Å²) in [7, 11) is 0. The Morgan fingerprint density at radius 1 is 1.42 bits per heavy atom. The zero-order chi connectivity index (χ0) is 9.14. The number of phenols is 2. The largest absolute Gasteiger partial charge is 0.508 e. The minimum Gasteiger partial charge on any atom is -0.508 e. The molecule has 3 heteroatoms. The number of hydrogen-bond acceptors (Lipinski definition) is 3. The summed E-state index contributed by atoms with van der Waals surface area (Å²) >= 11 is 0. The molecule has 0 aliphatic heterocycles. The van der Waals surface area contributed by atoms with Gasteiger partial charge in [0.2, 0.25) is 0 Å². The van der Waals surface area contributed by atoms with Gasteiger partial charge in [-0.2, -0.15) is 0 Å². The van der Waals surface area contributed by atoms with Crippen LogP contribution in [0.3, 0.4) is 0 Å². The van der Waals surface area contributed by atoms with Gasteiger partial charge in [-0.15, -0.1) is 0 Å². The summed E-state index contributed by atoms with van der Waals surface area (Å²) in [6.45, 7) is 1.85. The number of hydrogen-bond donors (Lipinski definition) is 3. The van der Waals surface area contributed by atoms with Crippen LogP contribution in [0, 0.1) is 0 Å². The molecule has 3 nitrogen and oxygen atoms in total. The fraction of sp³-hybridized carbons (Fsp3) is 0.333. The number of aromatic hydroxyl groups is 2. The summed E-state index contributed by atoms with van der Waals surface area (Å²) in [4.78, 5) is 0. The van der Waals surface area contributed by atoms with E-state index in [-0.39, 0.29) is 17.5 Å². The van der Waals surface area contributed by atoms with Gasteiger partial charge in [0, 0.05) is 6.04 Å². The van der Waals surface area contributed by atoms with E-state index in [1.807, 2.05) is 6.92 Å². The first-order valence-electron chi connectivity index (χ1n) is 3.86. The van der Waals surface area contributed by atoms with Crippen LogP contribution in [0.2, 0.25) is 0 Å². The van der Waals surface area contributed by atoms with Gasteiger partial charge in [0.1, 0.15) is 11.5 Å². The van der Waals surface area contributed by atoms with E-state index >= 15 is 0 Å². The van der Waals surface area contributed by atoms with Crippen LogP contribution in [0.15, 0.2) is 18.2 Å². The second kappa shape index (κ2) is 3.45. The number of rotatable bonds is 2. The second-order valence-corrected chi connectivity index (χ2v) is 2.99. The van der Waals surface area contributed by atoms with Gasteiger partial charge in [0.05, 0.1) is 0 Å². The summed E-state index contributed by atoms with van der Waals surface area (Å²) in [6.07, 6.45) is 0.570. The van der Waals surface area contributed by atoms with Gasteiger partial charge in [-0.25, -0.2) is 0 Å². The highest BCUT2D eigenvalue weighted by molar-refractivity contribution is 5.38. The molecular weight excluding hydrogens is 154 g/mol. The number of nitrogens with two attached hydrogens (primary N) is 1. The number of benzene rings is 1. The van der Waals surface area contributed by atoms with Crippen molar-refractivity contribution in [3.63, 3.8) is 0 Å². The van der Waals surface area contributed by atoms with Crippen molar-refractivity contribution in [2.75, 3.05) is 0 Å². The topological polar surface area (TPSA) is 66.5 Å². The fourth-order valence-corrected chi connectivity index (χ4v) is 1.08. The monoisotopic (exact) mass is 167 g/mol. The Hall–Kier alpha value is -1.22. The molecule has 12 heavy (non-hydrogen) atoms. The maximum atomic E-state index is 9.32. The van der Waals surface area contributed by atoms with Gasteiger partial charge in [-0.3, -0.25) is 0 Å². The minimum absolute atomic E-state index is 0.0160. The molecule has 0 bridgehead atoms. The highest BCUT2D eigenvalue weighted by Crippen LogP contribution is 2.22. The Morgan fingerprint density at radius 3 is 2.67 bits per heavy atom. The van der Waals surface area contributed by atoms with Gasteiger partial charge in [-0.05, 0) is 37.1 Å². The Labute approximate surface area is 71.5 Å². The second-order valence-electron chi connectivity index (χ2n) is 2.99. The van der Waals surface area contributed by atoms with E-state index in [1.165, 1.54) is 18.2 Å². The smallest absolute Gasteiger partial charge is 0.119 e. The maximum Gasteiger partial charge on any atom is 0.119 e. The third-order valence-electron chi connectivity index (χ3n) is 1.60. The van der Waals surface area contributed by atoms with Crippen molar-refractivity contribution >= 4 is 0 Å². The van der Waals surface area contributed by atoms with Crippen molar-refractivity contribution in [1.82, 2.24) is 0 Å². The molecule has 0 aliphatic rings. The zero-order valence-corrected chi connectivity index (χ0v) is 6.99. The predicted molar refractivity (Wildman–Crippen MR) is 47.1 cm³/mol. The zero-order valence-electron chi connectivity index (χ0n) is 6.99. The van der Waals surface area contributed by atoms with Crippen LogP contribution in [0.25, 0.3) is 0 Å². The van der Waals surface area contributed by atoms with Gasteiger partial charge in [0.25, 0.3) is 0 Å². The van der Waals surface area contributed by atoms with Gasteiger partial charge in [-0.1, -0.05) is 0 Å². The Morgan fingerprint density at radius 2 is 2.08 bits per heavy atom. The van der Waals surface area contributed by atoms with E-state index in [1.54, 1.807) is 0 Å². The van der Waals surface area contributed by atoms with Crippen LogP contribution in [0.1, 0.15) is 12.5 Å². The molecule has 1 aromatic carbocycles. The lowest BCUT2D eigenvalue weighted by molar-refractivity contribution is 0.452. The molecule has 1 aromatic rings. The molecule has 0 amide bonds. The maximum absolute atomic E-state index is 9.32. The SMILES string of the molecule is CC(N)Cc1cc(O)ccc1O. The Bertz CT molecular complexity index is 271. The summed E-state index contributed by atoms with van der Waals surface area (Å²) in [5.41, 5.74) is 6.24. The van der Waals surface area contributed by atoms with Crippen LogP contribution < -0.4 is 5.73 Å². The normalized spacial score (nSPS) is 12.8. The summed E-state index contributed by atoms with van der Waals surface area (Å²) < 4.78 is 0. The van der Waals surface area contributed by atoms with Crippen molar-refractivity contribution < 1.29 is 10.2 Å². The summed E-state index contributed by atoms with van der Waals surface area (Å²) in [5, 5.41) is 18.4. The highest BCUT2D eigenvalue weighted by atomic mass is 16.3. The Balaban J connectivity index is 2.90. The van der Waals surface area contributed by atoms with E-state index < -0.39 is 0 Å². The van der Waals surface area contributed by atoms with Gasteiger partial charge < -0.3 is 15.9 Å². The van der Waals surface area contributed by atoms with Crippen molar-refractivity contribution in [3.05, 3.63) is 23.8 Å². The van der Waals surface area contributed by atoms with Crippen LogP contribution in [0.4, 0.5) is 0 Å². The predicted octanol–water partition coefficient (Wildman–Crippen LogP) is 0.987. The molecule has 1 rings (SSSR count). The third kappa shape index (κ3) is 2.13. The van der Waals surface area contributed by atoms with E-state index in [2.05, 4.69) is 0 Å². The lowest BCUT2D eigenvalue weighted by Gasteiger charge is -2.07. The van der Waals surface area contributed by atoms with Crippen molar-refractivity contribution in [3.8, 4) is 11.5 Å². The number of phenolic OH excluding ortho intramolecular Hbond substituents is 2. The first-order valence-corrected chi connectivity index (χ1v) is 3.86. The molecule has 0 spiro atoms. The standard InChI is InChI=1S/C9H13NO2/c1-6(10)4-7-5-8(11)2-3-9(7)12/h2-3,5-6,11-12H,4,10H2,1H3. The van der Waals surface area contributed by atoms with Crippen LogP contribution in [-0.4, -0.2) is 16.3 Å². The van der Waals surface area contributed by atoms with E-state index in [0.717, 1.165) is 0 Å². The quantitative estimate of drug-likeness (QED) is 0.575. The lowest BCUT2D eigenvalue weighted by atomic mass is 10.1. The Kier molecular flexibility index (Phi) is 2.55. The first-order chi connectivity index (χ1) is 5.59. The molecule has 66 valence electrons. The molecule has 0 saturated heterocycles. The van der Waals surface area contributed by atoms with E-state index in [9.17, 15) is 5.11 Å². The van der Waals surface area contributed by atoms with Crippen LogP contribution in [0.5, 0.6) is 11.5 Å².